The van der Waals surface area contributed by atoms with Gasteiger partial charge in [-0.05, 0) is 78.7 Å². The van der Waals surface area contributed by atoms with Gasteiger partial charge in [0, 0.05) is 5.02 Å². The monoisotopic (exact) mass is 605 g/mol. The smallest absolute Gasteiger partial charge is 0.343 e. The van der Waals surface area contributed by atoms with E-state index in [2.05, 4.69) is 15.3 Å². The first-order valence-electron chi connectivity index (χ1n) is 12.7. The Morgan fingerprint density at radius 1 is 0.929 bits per heavy atom. The fourth-order valence-corrected chi connectivity index (χ4v) is 5.45. The predicted molar refractivity (Wildman–Crippen MR) is 161 cm³/mol. The largest absolute Gasteiger partial charge is 0.482 e. The predicted octanol–water partition coefficient (Wildman–Crippen LogP) is 5.36. The third-order valence-electron chi connectivity index (χ3n) is 6.11. The summed E-state index contributed by atoms with van der Waals surface area (Å²) in [6.07, 6.45) is 1.43. The van der Waals surface area contributed by atoms with Crippen molar-refractivity contribution in [3.05, 3.63) is 124 Å². The van der Waals surface area contributed by atoms with Crippen molar-refractivity contribution in [2.24, 2.45) is 5.10 Å². The molecule has 0 heterocycles. The number of hydrogen-bond acceptors (Lipinski definition) is 7. The van der Waals surface area contributed by atoms with Crippen molar-refractivity contribution >= 4 is 45.4 Å². The summed E-state index contributed by atoms with van der Waals surface area (Å²) in [6.45, 7) is 1.62. The van der Waals surface area contributed by atoms with Crippen molar-refractivity contribution in [3.63, 3.8) is 0 Å². The van der Waals surface area contributed by atoms with Gasteiger partial charge in [-0.15, -0.1) is 0 Å². The molecule has 11 heteroatoms. The highest BCUT2D eigenvalue weighted by Gasteiger charge is 2.28. The van der Waals surface area contributed by atoms with E-state index in [9.17, 15) is 18.0 Å². The van der Waals surface area contributed by atoms with Gasteiger partial charge in [-0.2, -0.15) is 5.10 Å². The Bertz CT molecular complexity index is 1670. The zero-order valence-corrected chi connectivity index (χ0v) is 24.4. The van der Waals surface area contributed by atoms with Crippen LogP contribution in [0.3, 0.4) is 0 Å². The summed E-state index contributed by atoms with van der Waals surface area (Å²) in [5.41, 5.74) is 5.03. The maximum atomic E-state index is 13.9. The third kappa shape index (κ3) is 7.74. The van der Waals surface area contributed by atoms with Crippen molar-refractivity contribution in [1.29, 1.82) is 0 Å². The number of aryl methyl sites for hydroxylation is 1. The zero-order chi connectivity index (χ0) is 30.1. The summed E-state index contributed by atoms with van der Waals surface area (Å²) < 4.78 is 38.9. The quantitative estimate of drug-likeness (QED) is 0.140. The minimum Gasteiger partial charge on any atom is -0.482 e. The summed E-state index contributed by atoms with van der Waals surface area (Å²) in [5, 5.41) is 4.56. The van der Waals surface area contributed by atoms with Gasteiger partial charge < -0.3 is 9.47 Å². The second-order valence-corrected chi connectivity index (χ2v) is 11.4. The van der Waals surface area contributed by atoms with Crippen LogP contribution in [0.2, 0.25) is 5.02 Å². The lowest BCUT2D eigenvalue weighted by Gasteiger charge is -2.26. The average Bonchev–Trinajstić information content (AvgIpc) is 3.00. The standard InChI is InChI=1S/C31H28ClN3O6S/c1-22-7-17-27(18-8-22)42(38,39)35(20-24-9-13-25(32)14-10-24)29-6-4-3-5-28(29)31(37)34-33-19-23-11-15-26(16-12-23)41-21-30(36)40-2/h3-19H,20-21H2,1-2H3,(H,34,37)/b33-19-. The molecule has 0 unspecified atom stereocenters. The number of rotatable bonds is 11. The van der Waals surface area contributed by atoms with E-state index in [4.69, 9.17) is 16.3 Å². The molecule has 0 bridgehead atoms. The Morgan fingerprint density at radius 2 is 1.60 bits per heavy atom. The van der Waals surface area contributed by atoms with Crippen molar-refractivity contribution in [2.75, 3.05) is 18.0 Å². The van der Waals surface area contributed by atoms with Crippen LogP contribution in [-0.2, 0) is 26.1 Å². The van der Waals surface area contributed by atoms with Crippen molar-refractivity contribution in [2.45, 2.75) is 18.4 Å². The molecule has 0 saturated carbocycles. The van der Waals surface area contributed by atoms with Gasteiger partial charge in [-0.1, -0.05) is 53.6 Å². The van der Waals surface area contributed by atoms with E-state index in [-0.39, 0.29) is 29.3 Å². The third-order valence-corrected chi connectivity index (χ3v) is 8.14. The summed E-state index contributed by atoms with van der Waals surface area (Å²) in [4.78, 5) is 24.6. The number of amides is 1. The van der Waals surface area contributed by atoms with Gasteiger partial charge in [-0.25, -0.2) is 18.6 Å². The van der Waals surface area contributed by atoms with Crippen LogP contribution in [0.1, 0.15) is 27.0 Å². The number of hydrazone groups is 1. The second-order valence-electron chi connectivity index (χ2n) is 9.10. The van der Waals surface area contributed by atoms with E-state index in [1.54, 1.807) is 78.9 Å². The topological polar surface area (TPSA) is 114 Å². The molecule has 0 fully saturated rings. The fraction of sp³-hybridized carbons (Fsp3) is 0.129. The molecule has 4 aromatic rings. The van der Waals surface area contributed by atoms with E-state index in [0.717, 1.165) is 5.56 Å². The minimum atomic E-state index is -4.07. The molecule has 4 rings (SSSR count). The average molecular weight is 606 g/mol. The molecule has 0 aliphatic heterocycles. The highest BCUT2D eigenvalue weighted by atomic mass is 35.5. The number of carbonyl (C=O) groups excluding carboxylic acids is 2. The molecular weight excluding hydrogens is 578 g/mol. The van der Waals surface area contributed by atoms with Crippen LogP contribution < -0.4 is 14.5 Å². The molecule has 216 valence electrons. The molecule has 0 aliphatic carbocycles. The first kappa shape index (κ1) is 30.3. The lowest BCUT2D eigenvalue weighted by molar-refractivity contribution is -0.142. The maximum Gasteiger partial charge on any atom is 0.343 e. The van der Waals surface area contributed by atoms with E-state index >= 15 is 0 Å². The summed E-state index contributed by atoms with van der Waals surface area (Å²) >= 11 is 6.04. The number of ether oxygens (including phenoxy) is 2. The van der Waals surface area contributed by atoms with Crippen LogP contribution in [0.15, 0.2) is 107 Å². The van der Waals surface area contributed by atoms with Crippen LogP contribution in [-0.4, -0.2) is 40.2 Å². The van der Waals surface area contributed by atoms with Gasteiger partial charge in [0.2, 0.25) is 0 Å². The normalized spacial score (nSPS) is 11.2. The Balaban J connectivity index is 1.58. The van der Waals surface area contributed by atoms with Crippen molar-refractivity contribution in [3.8, 4) is 5.75 Å². The fourth-order valence-electron chi connectivity index (χ4n) is 3.85. The summed E-state index contributed by atoms with van der Waals surface area (Å²) in [7, 11) is -2.80. The van der Waals surface area contributed by atoms with Gasteiger partial charge in [0.25, 0.3) is 15.9 Å². The Kier molecular flexibility index (Phi) is 9.95. The molecule has 4 aromatic carbocycles. The Hall–Kier alpha value is -4.67. The highest BCUT2D eigenvalue weighted by Crippen LogP contribution is 2.30. The molecule has 0 spiro atoms. The van der Waals surface area contributed by atoms with E-state index < -0.39 is 21.9 Å². The molecular formula is C31H28ClN3O6S. The number of para-hydroxylation sites is 1. The molecule has 1 amide bonds. The van der Waals surface area contributed by atoms with E-state index in [0.29, 0.717) is 21.9 Å². The molecule has 0 aromatic heterocycles. The molecule has 0 saturated heterocycles. The van der Waals surface area contributed by atoms with Crippen molar-refractivity contribution < 1.29 is 27.5 Å². The molecule has 1 N–H and O–H groups in total. The maximum absolute atomic E-state index is 13.9. The van der Waals surface area contributed by atoms with E-state index in [1.165, 1.54) is 35.8 Å². The number of anilines is 1. The lowest BCUT2D eigenvalue weighted by atomic mass is 10.1. The number of carbonyl (C=O) groups is 2. The van der Waals surface area contributed by atoms with E-state index in [1.807, 2.05) is 6.92 Å². The minimum absolute atomic E-state index is 0.0364. The molecule has 0 atom stereocenters. The number of sulfonamides is 1. The van der Waals surface area contributed by atoms with Gasteiger partial charge in [0.05, 0.1) is 36.0 Å². The molecule has 0 radical (unpaired) electrons. The second kappa shape index (κ2) is 13.8. The number of hydrogen-bond donors (Lipinski definition) is 1. The number of benzene rings is 4. The number of nitrogens with zero attached hydrogens (tertiary/aromatic N) is 2. The number of nitrogens with one attached hydrogen (secondary N) is 1. The summed E-state index contributed by atoms with van der Waals surface area (Å²) in [5.74, 6) is -0.631. The Labute approximate surface area is 249 Å². The first-order valence-corrected chi connectivity index (χ1v) is 14.5. The van der Waals surface area contributed by atoms with Crippen LogP contribution in [0.4, 0.5) is 5.69 Å². The van der Waals surface area contributed by atoms with Gasteiger partial charge >= 0.3 is 5.97 Å². The Morgan fingerprint density at radius 3 is 2.26 bits per heavy atom. The molecule has 42 heavy (non-hydrogen) atoms. The van der Waals surface area contributed by atoms with Crippen LogP contribution >= 0.6 is 11.6 Å². The van der Waals surface area contributed by atoms with Crippen molar-refractivity contribution in [1.82, 2.24) is 5.43 Å². The molecule has 9 nitrogen and oxygen atoms in total. The summed E-state index contributed by atoms with van der Waals surface area (Å²) in [6, 6.07) is 26.4. The van der Waals surface area contributed by atoms with Crippen LogP contribution in [0, 0.1) is 6.92 Å². The first-order chi connectivity index (χ1) is 20.2. The van der Waals surface area contributed by atoms with Gasteiger partial charge in [0.1, 0.15) is 5.75 Å². The van der Waals surface area contributed by atoms with Crippen LogP contribution in [0.5, 0.6) is 5.75 Å². The van der Waals surface area contributed by atoms with Crippen LogP contribution in [0.25, 0.3) is 0 Å². The zero-order valence-electron chi connectivity index (χ0n) is 22.9. The van der Waals surface area contributed by atoms with Gasteiger partial charge in [-0.3, -0.25) is 9.10 Å². The number of methoxy groups -OCH3 is 1. The van der Waals surface area contributed by atoms with Gasteiger partial charge in [0.15, 0.2) is 6.61 Å². The number of esters is 1. The molecule has 0 aliphatic rings. The number of halogens is 1. The lowest BCUT2D eigenvalue weighted by Crippen LogP contribution is -2.33. The SMILES string of the molecule is COC(=O)COc1ccc(/C=N\NC(=O)c2ccccc2N(Cc2ccc(Cl)cc2)S(=O)(=O)c2ccc(C)cc2)cc1. The highest BCUT2D eigenvalue weighted by molar-refractivity contribution is 7.92.